The highest BCUT2D eigenvalue weighted by Crippen LogP contribution is 2.38. The van der Waals surface area contributed by atoms with Crippen molar-refractivity contribution in [2.75, 3.05) is 0 Å². The van der Waals surface area contributed by atoms with Crippen LogP contribution in [0.1, 0.15) is 75.3 Å². The molecule has 2 heterocycles. The Morgan fingerprint density at radius 1 is 1.12 bits per heavy atom. The Hall–Kier alpha value is -0.310. The Bertz CT molecular complexity index is 405. The van der Waals surface area contributed by atoms with Crippen molar-refractivity contribution in [3.63, 3.8) is 0 Å². The van der Waals surface area contributed by atoms with Gasteiger partial charge in [-0.3, -0.25) is 0 Å². The second-order valence-electron chi connectivity index (χ2n) is 5.65. The van der Waals surface area contributed by atoms with Crippen LogP contribution in [-0.4, -0.2) is 9.55 Å². The predicted octanol–water partition coefficient (Wildman–Crippen LogP) is 4.59. The fourth-order valence-corrected chi connectivity index (χ4v) is 4.09. The van der Waals surface area contributed by atoms with Crippen LogP contribution in [0.5, 0.6) is 0 Å². The van der Waals surface area contributed by atoms with Crippen molar-refractivity contribution >= 4 is 15.9 Å². The summed E-state index contributed by atoms with van der Waals surface area (Å²) in [5.41, 5.74) is 1.45. The van der Waals surface area contributed by atoms with Crippen LogP contribution in [0.15, 0.2) is 4.60 Å². The fourth-order valence-electron chi connectivity index (χ4n) is 3.51. The Morgan fingerprint density at radius 3 is 2.65 bits per heavy atom. The number of fused-ring (bicyclic) bond motifs is 1. The normalized spacial score (nSPS) is 25.9. The summed E-state index contributed by atoms with van der Waals surface area (Å²) in [7, 11) is 0. The van der Waals surface area contributed by atoms with Gasteiger partial charge in [-0.2, -0.15) is 0 Å². The molecule has 1 aromatic rings. The van der Waals surface area contributed by atoms with Gasteiger partial charge in [-0.15, -0.1) is 0 Å². The molecule has 0 amide bonds. The third-order valence-corrected chi connectivity index (χ3v) is 5.07. The SMILES string of the molecule is CC1CCCc2c(Br)nc(C3CCCCC3)n21. The first-order chi connectivity index (χ1) is 8.27. The molecule has 0 radical (unpaired) electrons. The molecule has 1 aromatic heterocycles. The lowest BCUT2D eigenvalue weighted by Crippen LogP contribution is -2.20. The van der Waals surface area contributed by atoms with Crippen LogP contribution in [0, 0.1) is 0 Å². The van der Waals surface area contributed by atoms with E-state index in [1.54, 1.807) is 0 Å². The van der Waals surface area contributed by atoms with Gasteiger partial charge in [0.15, 0.2) is 0 Å². The van der Waals surface area contributed by atoms with Gasteiger partial charge in [0.25, 0.3) is 0 Å². The van der Waals surface area contributed by atoms with Crippen LogP contribution >= 0.6 is 15.9 Å². The number of aromatic nitrogens is 2. The lowest BCUT2D eigenvalue weighted by atomic mass is 9.88. The summed E-state index contributed by atoms with van der Waals surface area (Å²) in [6.45, 7) is 2.35. The van der Waals surface area contributed by atoms with E-state index in [1.165, 1.54) is 62.9 Å². The number of hydrogen-bond acceptors (Lipinski definition) is 1. The molecule has 1 aliphatic carbocycles. The third kappa shape index (κ3) is 2.07. The molecule has 1 unspecified atom stereocenters. The quantitative estimate of drug-likeness (QED) is 0.741. The number of halogens is 1. The predicted molar refractivity (Wildman–Crippen MR) is 73.4 cm³/mol. The minimum absolute atomic E-state index is 0.648. The Morgan fingerprint density at radius 2 is 1.88 bits per heavy atom. The van der Waals surface area contributed by atoms with E-state index < -0.39 is 0 Å². The third-order valence-electron chi connectivity index (χ3n) is 4.44. The highest BCUT2D eigenvalue weighted by molar-refractivity contribution is 9.10. The molecule has 0 saturated heterocycles. The molecular weight excluding hydrogens is 276 g/mol. The zero-order valence-electron chi connectivity index (χ0n) is 10.6. The van der Waals surface area contributed by atoms with Crippen molar-refractivity contribution in [2.24, 2.45) is 0 Å². The fraction of sp³-hybridized carbons (Fsp3) is 0.786. The largest absolute Gasteiger partial charge is 0.328 e. The summed E-state index contributed by atoms with van der Waals surface area (Å²) in [5, 5.41) is 0. The van der Waals surface area contributed by atoms with Crippen LogP contribution in [-0.2, 0) is 6.42 Å². The van der Waals surface area contributed by atoms with E-state index in [0.29, 0.717) is 12.0 Å². The Balaban J connectivity index is 1.98. The van der Waals surface area contributed by atoms with E-state index in [1.807, 2.05) is 0 Å². The Kier molecular flexibility index (Phi) is 3.29. The van der Waals surface area contributed by atoms with Gasteiger partial charge in [0.2, 0.25) is 0 Å². The summed E-state index contributed by atoms with van der Waals surface area (Å²) in [6.07, 6.45) is 10.7. The molecule has 1 fully saturated rings. The van der Waals surface area contributed by atoms with E-state index in [4.69, 9.17) is 4.98 Å². The van der Waals surface area contributed by atoms with Gasteiger partial charge in [-0.05, 0) is 55.0 Å². The van der Waals surface area contributed by atoms with Crippen molar-refractivity contribution in [2.45, 2.75) is 70.3 Å². The van der Waals surface area contributed by atoms with Crippen LogP contribution in [0.4, 0.5) is 0 Å². The highest BCUT2D eigenvalue weighted by atomic mass is 79.9. The van der Waals surface area contributed by atoms with Gasteiger partial charge < -0.3 is 4.57 Å². The first kappa shape index (κ1) is 11.8. The minimum atomic E-state index is 0.648. The monoisotopic (exact) mass is 296 g/mol. The van der Waals surface area contributed by atoms with Crippen LogP contribution in [0.2, 0.25) is 0 Å². The molecule has 0 spiro atoms. The molecule has 1 saturated carbocycles. The van der Waals surface area contributed by atoms with E-state index in [2.05, 4.69) is 27.4 Å². The first-order valence-electron chi connectivity index (χ1n) is 7.04. The van der Waals surface area contributed by atoms with Gasteiger partial charge in [0.05, 0.1) is 5.69 Å². The number of imidazole rings is 1. The van der Waals surface area contributed by atoms with E-state index in [-0.39, 0.29) is 0 Å². The molecule has 0 N–H and O–H groups in total. The zero-order chi connectivity index (χ0) is 11.8. The molecule has 3 rings (SSSR count). The standard InChI is InChI=1S/C14H21BrN2/c1-10-6-5-9-12-13(15)16-14(17(10)12)11-7-3-2-4-8-11/h10-11H,2-9H2,1H3. The number of rotatable bonds is 1. The molecule has 0 bridgehead atoms. The average molecular weight is 297 g/mol. The van der Waals surface area contributed by atoms with E-state index in [0.717, 1.165) is 4.60 Å². The maximum Gasteiger partial charge on any atom is 0.127 e. The van der Waals surface area contributed by atoms with Crippen LogP contribution < -0.4 is 0 Å². The van der Waals surface area contributed by atoms with E-state index >= 15 is 0 Å². The molecule has 0 aromatic carbocycles. The molecule has 3 heteroatoms. The average Bonchev–Trinajstić information content (AvgIpc) is 2.70. The highest BCUT2D eigenvalue weighted by Gasteiger charge is 2.28. The van der Waals surface area contributed by atoms with Crippen molar-refractivity contribution in [1.82, 2.24) is 9.55 Å². The van der Waals surface area contributed by atoms with Crippen LogP contribution in [0.25, 0.3) is 0 Å². The molecule has 1 atom stereocenters. The lowest BCUT2D eigenvalue weighted by Gasteiger charge is -2.28. The van der Waals surface area contributed by atoms with Crippen molar-refractivity contribution in [1.29, 1.82) is 0 Å². The molecule has 2 nitrogen and oxygen atoms in total. The topological polar surface area (TPSA) is 17.8 Å². The number of hydrogen-bond donors (Lipinski definition) is 0. The summed E-state index contributed by atoms with van der Waals surface area (Å²) >= 11 is 3.67. The minimum Gasteiger partial charge on any atom is -0.328 e. The maximum absolute atomic E-state index is 4.85. The Labute approximate surface area is 112 Å². The van der Waals surface area contributed by atoms with E-state index in [9.17, 15) is 0 Å². The summed E-state index contributed by atoms with van der Waals surface area (Å²) in [5.74, 6) is 2.09. The summed E-state index contributed by atoms with van der Waals surface area (Å²) in [4.78, 5) is 4.85. The van der Waals surface area contributed by atoms with Gasteiger partial charge in [0.1, 0.15) is 10.4 Å². The van der Waals surface area contributed by atoms with Crippen molar-refractivity contribution in [3.05, 3.63) is 16.1 Å². The van der Waals surface area contributed by atoms with Gasteiger partial charge in [-0.25, -0.2) is 4.98 Å². The van der Waals surface area contributed by atoms with Gasteiger partial charge in [-0.1, -0.05) is 19.3 Å². The van der Waals surface area contributed by atoms with Crippen LogP contribution in [0.3, 0.4) is 0 Å². The molecule has 1 aliphatic heterocycles. The smallest absolute Gasteiger partial charge is 0.127 e. The lowest BCUT2D eigenvalue weighted by molar-refractivity contribution is 0.370. The molecule has 94 valence electrons. The maximum atomic E-state index is 4.85. The number of nitrogens with zero attached hydrogens (tertiary/aromatic N) is 2. The van der Waals surface area contributed by atoms with Crippen molar-refractivity contribution in [3.8, 4) is 0 Å². The second kappa shape index (κ2) is 4.75. The first-order valence-corrected chi connectivity index (χ1v) is 7.83. The zero-order valence-corrected chi connectivity index (χ0v) is 12.2. The molecular formula is C14H21BrN2. The van der Waals surface area contributed by atoms with Gasteiger partial charge >= 0.3 is 0 Å². The van der Waals surface area contributed by atoms with Crippen molar-refractivity contribution < 1.29 is 0 Å². The summed E-state index contributed by atoms with van der Waals surface area (Å²) in [6, 6.07) is 0.648. The molecule has 2 aliphatic rings. The van der Waals surface area contributed by atoms with Gasteiger partial charge in [0, 0.05) is 12.0 Å². The summed E-state index contributed by atoms with van der Waals surface area (Å²) < 4.78 is 3.66. The molecule has 17 heavy (non-hydrogen) atoms. The second-order valence-corrected chi connectivity index (χ2v) is 6.40.